The van der Waals surface area contributed by atoms with E-state index in [0.29, 0.717) is 0 Å². The maximum absolute atomic E-state index is 9.91. The summed E-state index contributed by atoms with van der Waals surface area (Å²) in [6.07, 6.45) is 1.18. The highest BCUT2D eigenvalue weighted by atomic mass is 16.3. The predicted molar refractivity (Wildman–Crippen MR) is 56.0 cm³/mol. The lowest BCUT2D eigenvalue weighted by Gasteiger charge is -2.43. The van der Waals surface area contributed by atoms with E-state index < -0.39 is 6.10 Å². The fraction of sp³-hybridized carbons (Fsp3) is 0.800. The molecule has 4 N–H and O–H groups in total. The third-order valence-electron chi connectivity index (χ3n) is 3.04. The molecule has 1 aliphatic heterocycles. The highest BCUT2D eigenvalue weighted by Gasteiger charge is 2.39. The summed E-state index contributed by atoms with van der Waals surface area (Å²) in [4.78, 5) is 0. The van der Waals surface area contributed by atoms with Gasteiger partial charge in [0.15, 0.2) is 0 Å². The lowest BCUT2D eigenvalue weighted by molar-refractivity contribution is 0.00782. The molecule has 0 aromatic carbocycles. The van der Waals surface area contributed by atoms with Crippen molar-refractivity contribution in [3.8, 4) is 0 Å². The average molecular weight is 200 g/mol. The van der Waals surface area contributed by atoms with Gasteiger partial charge in [-0.05, 0) is 14.0 Å². The van der Waals surface area contributed by atoms with Gasteiger partial charge in [-0.3, -0.25) is 0 Å². The molecule has 1 rings (SSSR count). The number of likely N-dealkylation sites (N-methyl/N-ethyl adjacent to an activating group) is 1. The van der Waals surface area contributed by atoms with Crippen LogP contribution in [-0.2, 0) is 0 Å². The van der Waals surface area contributed by atoms with Gasteiger partial charge < -0.3 is 20.8 Å². The molecule has 1 heterocycles. The number of hydrogen-bond donors (Lipinski definition) is 4. The molecule has 4 nitrogen and oxygen atoms in total. The van der Waals surface area contributed by atoms with Gasteiger partial charge in [-0.25, -0.2) is 0 Å². The SMILES string of the molecule is C=CC1C(NC)[C@H](C)NC(CO)[C@@H]1O. The van der Waals surface area contributed by atoms with E-state index in [1.807, 2.05) is 14.0 Å². The van der Waals surface area contributed by atoms with Crippen LogP contribution in [0.1, 0.15) is 6.92 Å². The Balaban J connectivity index is 2.78. The normalized spacial score (nSPS) is 43.6. The third kappa shape index (κ3) is 1.98. The van der Waals surface area contributed by atoms with Crippen molar-refractivity contribution in [2.45, 2.75) is 31.2 Å². The summed E-state index contributed by atoms with van der Waals surface area (Å²) < 4.78 is 0. The van der Waals surface area contributed by atoms with Crippen LogP contribution >= 0.6 is 0 Å². The van der Waals surface area contributed by atoms with E-state index in [1.165, 1.54) is 0 Å². The average Bonchev–Trinajstić information content (AvgIpc) is 2.20. The van der Waals surface area contributed by atoms with Crippen LogP contribution in [0.3, 0.4) is 0 Å². The third-order valence-corrected chi connectivity index (χ3v) is 3.04. The lowest BCUT2D eigenvalue weighted by atomic mass is 9.81. The van der Waals surface area contributed by atoms with Crippen LogP contribution in [0.4, 0.5) is 0 Å². The minimum Gasteiger partial charge on any atom is -0.395 e. The van der Waals surface area contributed by atoms with Crippen molar-refractivity contribution in [2.24, 2.45) is 5.92 Å². The summed E-state index contributed by atoms with van der Waals surface area (Å²) >= 11 is 0. The first-order valence-corrected chi connectivity index (χ1v) is 5.00. The topological polar surface area (TPSA) is 64.5 Å². The fourth-order valence-corrected chi connectivity index (χ4v) is 2.24. The van der Waals surface area contributed by atoms with Crippen molar-refractivity contribution in [1.82, 2.24) is 10.6 Å². The first-order valence-electron chi connectivity index (χ1n) is 5.00. The van der Waals surface area contributed by atoms with Gasteiger partial charge in [-0.1, -0.05) is 6.08 Å². The second kappa shape index (κ2) is 4.89. The Morgan fingerprint density at radius 3 is 2.64 bits per heavy atom. The molecule has 1 aliphatic rings. The Morgan fingerprint density at radius 1 is 1.57 bits per heavy atom. The second-order valence-electron chi connectivity index (χ2n) is 3.86. The zero-order chi connectivity index (χ0) is 10.7. The van der Waals surface area contributed by atoms with Crippen molar-refractivity contribution in [2.75, 3.05) is 13.7 Å². The zero-order valence-corrected chi connectivity index (χ0v) is 8.77. The molecule has 82 valence electrons. The van der Waals surface area contributed by atoms with Crippen LogP contribution in [0, 0.1) is 5.92 Å². The molecule has 0 amide bonds. The number of piperidine rings is 1. The molecule has 0 spiro atoms. The van der Waals surface area contributed by atoms with Gasteiger partial charge >= 0.3 is 0 Å². The van der Waals surface area contributed by atoms with Gasteiger partial charge in [-0.2, -0.15) is 0 Å². The minimum atomic E-state index is -0.578. The van der Waals surface area contributed by atoms with Gasteiger partial charge in [0.2, 0.25) is 0 Å². The Hall–Kier alpha value is -0.420. The molecule has 1 fully saturated rings. The minimum absolute atomic E-state index is 0.0200. The summed E-state index contributed by atoms with van der Waals surface area (Å²) in [6, 6.07) is 0.117. The number of nitrogens with one attached hydrogen (secondary N) is 2. The van der Waals surface area contributed by atoms with Crippen molar-refractivity contribution >= 4 is 0 Å². The van der Waals surface area contributed by atoms with Gasteiger partial charge in [0.05, 0.1) is 18.8 Å². The summed E-state index contributed by atoms with van der Waals surface area (Å²) in [5, 5.41) is 25.3. The van der Waals surface area contributed by atoms with Crippen LogP contribution in [0.15, 0.2) is 12.7 Å². The maximum Gasteiger partial charge on any atom is 0.0793 e. The number of hydrogen-bond acceptors (Lipinski definition) is 4. The summed E-state index contributed by atoms with van der Waals surface area (Å²) in [5.74, 6) is -0.0200. The van der Waals surface area contributed by atoms with Gasteiger partial charge in [-0.15, -0.1) is 6.58 Å². The lowest BCUT2D eigenvalue weighted by Crippen LogP contribution is -2.65. The van der Waals surface area contributed by atoms with E-state index in [2.05, 4.69) is 17.2 Å². The molecule has 5 atom stereocenters. The highest BCUT2D eigenvalue weighted by molar-refractivity contribution is 5.05. The second-order valence-corrected chi connectivity index (χ2v) is 3.86. The smallest absolute Gasteiger partial charge is 0.0793 e. The van der Waals surface area contributed by atoms with E-state index in [0.717, 1.165) is 0 Å². The first-order chi connectivity index (χ1) is 6.65. The highest BCUT2D eigenvalue weighted by Crippen LogP contribution is 2.22. The Kier molecular flexibility index (Phi) is 4.07. The van der Waals surface area contributed by atoms with E-state index in [4.69, 9.17) is 5.11 Å². The monoisotopic (exact) mass is 200 g/mol. The van der Waals surface area contributed by atoms with Crippen LogP contribution in [0.25, 0.3) is 0 Å². The van der Waals surface area contributed by atoms with Crippen molar-refractivity contribution in [1.29, 1.82) is 0 Å². The largest absolute Gasteiger partial charge is 0.395 e. The molecule has 4 heteroatoms. The quantitative estimate of drug-likeness (QED) is 0.445. The molecule has 3 unspecified atom stereocenters. The molecule has 14 heavy (non-hydrogen) atoms. The number of aliphatic hydroxyl groups excluding tert-OH is 2. The molecule has 0 radical (unpaired) electrons. The molecular formula is C10H20N2O2. The Labute approximate surface area is 85.0 Å². The van der Waals surface area contributed by atoms with Crippen molar-refractivity contribution in [3.05, 3.63) is 12.7 Å². The molecule has 0 aromatic heterocycles. The number of rotatable bonds is 3. The van der Waals surface area contributed by atoms with Crippen LogP contribution < -0.4 is 10.6 Å². The van der Waals surface area contributed by atoms with Crippen LogP contribution in [0.5, 0.6) is 0 Å². The standard InChI is InChI=1S/C10H20N2O2/c1-4-7-9(11-3)6(2)12-8(5-13)10(7)14/h4,6-14H,1,5H2,2-3H3/t6-,7?,8?,9?,10+/m0/s1. The first kappa shape index (κ1) is 11.7. The van der Waals surface area contributed by atoms with Crippen molar-refractivity contribution in [3.63, 3.8) is 0 Å². The van der Waals surface area contributed by atoms with Gasteiger partial charge in [0.25, 0.3) is 0 Å². The van der Waals surface area contributed by atoms with Gasteiger partial charge in [0, 0.05) is 18.0 Å². The van der Waals surface area contributed by atoms with Crippen LogP contribution in [0.2, 0.25) is 0 Å². The van der Waals surface area contributed by atoms with Crippen LogP contribution in [-0.4, -0.2) is 48.1 Å². The predicted octanol–water partition coefficient (Wildman–Crippen LogP) is -0.910. The summed E-state index contributed by atoms with van der Waals surface area (Å²) in [5.41, 5.74) is 0. The van der Waals surface area contributed by atoms with Gasteiger partial charge in [0.1, 0.15) is 0 Å². The van der Waals surface area contributed by atoms with E-state index >= 15 is 0 Å². The Bertz CT molecular complexity index is 199. The van der Waals surface area contributed by atoms with E-state index in [1.54, 1.807) is 6.08 Å². The maximum atomic E-state index is 9.91. The molecular weight excluding hydrogens is 180 g/mol. The summed E-state index contributed by atoms with van der Waals surface area (Å²) in [6.45, 7) is 5.71. The molecule has 0 bridgehead atoms. The summed E-state index contributed by atoms with van der Waals surface area (Å²) in [7, 11) is 1.87. The Morgan fingerprint density at radius 2 is 2.21 bits per heavy atom. The molecule has 0 aromatic rings. The molecule has 0 aliphatic carbocycles. The molecule has 0 saturated carbocycles. The molecule has 1 saturated heterocycles. The zero-order valence-electron chi connectivity index (χ0n) is 8.77. The van der Waals surface area contributed by atoms with E-state index in [-0.39, 0.29) is 30.7 Å². The van der Waals surface area contributed by atoms with E-state index in [9.17, 15) is 5.11 Å². The number of aliphatic hydroxyl groups is 2. The van der Waals surface area contributed by atoms with Crippen molar-refractivity contribution < 1.29 is 10.2 Å². The fourth-order valence-electron chi connectivity index (χ4n) is 2.24.